The number of benzene rings is 1. The Morgan fingerprint density at radius 1 is 1.14 bits per heavy atom. The smallest absolute Gasteiger partial charge is 0.426 e. The maximum atomic E-state index is 13.1. The second kappa shape index (κ2) is 11.2. The first-order chi connectivity index (χ1) is 13.7. The zero-order valence-electron chi connectivity index (χ0n) is 16.8. The molecular formula is C20H29BCl2N2O4. The summed E-state index contributed by atoms with van der Waals surface area (Å²) in [5.74, 6) is -1.56. The molecule has 0 heterocycles. The Kier molecular flexibility index (Phi) is 9.27. The van der Waals surface area contributed by atoms with Gasteiger partial charge in [0.1, 0.15) is 6.04 Å². The molecule has 0 aromatic heterocycles. The van der Waals surface area contributed by atoms with Crippen molar-refractivity contribution in [1.29, 1.82) is 0 Å². The van der Waals surface area contributed by atoms with E-state index in [0.717, 1.165) is 32.1 Å². The Hall–Kier alpha value is -1.28. The van der Waals surface area contributed by atoms with E-state index in [1.165, 1.54) is 12.1 Å². The summed E-state index contributed by atoms with van der Waals surface area (Å²) in [6.45, 7) is 3.87. The zero-order chi connectivity index (χ0) is 21.6. The molecule has 2 amide bonds. The summed E-state index contributed by atoms with van der Waals surface area (Å²) in [4.78, 5) is 25.9. The predicted octanol–water partition coefficient (Wildman–Crippen LogP) is 3.22. The lowest BCUT2D eigenvalue weighted by Gasteiger charge is -2.31. The van der Waals surface area contributed by atoms with Gasteiger partial charge in [-0.25, -0.2) is 0 Å². The largest absolute Gasteiger partial charge is 0.475 e. The molecule has 0 spiro atoms. The molecule has 0 radical (unpaired) electrons. The van der Waals surface area contributed by atoms with Crippen LogP contribution in [0.1, 0.15) is 62.7 Å². The van der Waals surface area contributed by atoms with Crippen molar-refractivity contribution < 1.29 is 19.6 Å². The molecule has 0 bridgehead atoms. The van der Waals surface area contributed by atoms with E-state index < -0.39 is 30.9 Å². The van der Waals surface area contributed by atoms with Gasteiger partial charge in [-0.15, -0.1) is 0 Å². The minimum absolute atomic E-state index is 0.0267. The third-order valence-corrected chi connectivity index (χ3v) is 5.84. The van der Waals surface area contributed by atoms with E-state index in [4.69, 9.17) is 23.2 Å². The highest BCUT2D eigenvalue weighted by Gasteiger charge is 2.35. The molecule has 1 aliphatic rings. The Balaban J connectivity index is 2.20. The molecule has 29 heavy (non-hydrogen) atoms. The fraction of sp³-hybridized carbons (Fsp3) is 0.600. The van der Waals surface area contributed by atoms with Gasteiger partial charge in [-0.2, -0.15) is 0 Å². The molecule has 1 unspecified atom stereocenters. The molecule has 9 heteroatoms. The first-order valence-corrected chi connectivity index (χ1v) is 10.9. The maximum absolute atomic E-state index is 13.1. The van der Waals surface area contributed by atoms with Crippen LogP contribution in [-0.2, 0) is 4.79 Å². The molecule has 2 atom stereocenters. The minimum atomic E-state index is -1.67. The van der Waals surface area contributed by atoms with Gasteiger partial charge in [0.25, 0.3) is 5.91 Å². The molecule has 1 fully saturated rings. The first kappa shape index (κ1) is 24.0. The molecule has 2 rings (SSSR count). The molecule has 1 aliphatic carbocycles. The average molecular weight is 443 g/mol. The van der Waals surface area contributed by atoms with Crippen LogP contribution in [0.25, 0.3) is 0 Å². The van der Waals surface area contributed by atoms with Crippen LogP contribution in [0.5, 0.6) is 0 Å². The van der Waals surface area contributed by atoms with Crippen molar-refractivity contribution in [3.8, 4) is 0 Å². The highest BCUT2D eigenvalue weighted by atomic mass is 35.5. The van der Waals surface area contributed by atoms with Gasteiger partial charge in [0.15, 0.2) is 0 Å². The van der Waals surface area contributed by atoms with Crippen LogP contribution < -0.4 is 10.6 Å². The van der Waals surface area contributed by atoms with Gasteiger partial charge in [-0.05, 0) is 49.3 Å². The van der Waals surface area contributed by atoms with Crippen molar-refractivity contribution >= 4 is 42.1 Å². The van der Waals surface area contributed by atoms with E-state index >= 15 is 0 Å². The first-order valence-electron chi connectivity index (χ1n) is 10.1. The van der Waals surface area contributed by atoms with Gasteiger partial charge in [0, 0.05) is 5.02 Å². The van der Waals surface area contributed by atoms with Crippen LogP contribution in [0, 0.1) is 11.8 Å². The van der Waals surface area contributed by atoms with Crippen LogP contribution in [0.2, 0.25) is 10.0 Å². The van der Waals surface area contributed by atoms with E-state index in [0.29, 0.717) is 11.4 Å². The molecule has 0 aliphatic heterocycles. The molecule has 6 nitrogen and oxygen atoms in total. The molecule has 1 aromatic rings. The van der Waals surface area contributed by atoms with Gasteiger partial charge in [0.05, 0.1) is 16.5 Å². The molecule has 0 saturated heterocycles. The zero-order valence-corrected chi connectivity index (χ0v) is 18.3. The van der Waals surface area contributed by atoms with Crippen LogP contribution in [0.3, 0.4) is 0 Å². The number of hydrogen-bond donors (Lipinski definition) is 4. The Morgan fingerprint density at radius 3 is 2.38 bits per heavy atom. The molecule has 4 N–H and O–H groups in total. The van der Waals surface area contributed by atoms with Crippen molar-refractivity contribution in [2.45, 2.75) is 64.4 Å². The summed E-state index contributed by atoms with van der Waals surface area (Å²) < 4.78 is 0. The average Bonchev–Trinajstić information content (AvgIpc) is 2.67. The van der Waals surface area contributed by atoms with Crippen molar-refractivity contribution in [3.63, 3.8) is 0 Å². The molecule has 160 valence electrons. The van der Waals surface area contributed by atoms with E-state index in [2.05, 4.69) is 10.6 Å². The third-order valence-electron chi connectivity index (χ3n) is 5.28. The number of carbonyl (C=O) groups is 2. The van der Waals surface area contributed by atoms with Crippen molar-refractivity contribution in [2.75, 3.05) is 0 Å². The van der Waals surface area contributed by atoms with Gasteiger partial charge < -0.3 is 20.7 Å². The lowest BCUT2D eigenvalue weighted by molar-refractivity contribution is -0.125. The predicted molar refractivity (Wildman–Crippen MR) is 116 cm³/mol. The Labute approximate surface area is 182 Å². The van der Waals surface area contributed by atoms with Crippen LogP contribution in [0.4, 0.5) is 0 Å². The third kappa shape index (κ3) is 7.17. The standard InChI is InChI=1S/C20H29BCl2N2O4/c1-12(2)10-17(21(28)29)24-20(27)18(13-6-4-3-5-7-13)25-19(26)15-11-14(22)8-9-16(15)23/h8-9,11-13,17-18,28-29H,3-7,10H2,1-2H3,(H,24,27)(H,25,26)/t17-,18?/m0/s1. The van der Waals surface area contributed by atoms with Crippen molar-refractivity contribution in [3.05, 3.63) is 33.8 Å². The van der Waals surface area contributed by atoms with E-state index in [1.54, 1.807) is 6.07 Å². The van der Waals surface area contributed by atoms with E-state index in [1.807, 2.05) is 13.8 Å². The van der Waals surface area contributed by atoms with E-state index in [-0.39, 0.29) is 22.4 Å². The summed E-state index contributed by atoms with van der Waals surface area (Å²) in [6, 6.07) is 3.81. The fourth-order valence-corrected chi connectivity index (χ4v) is 4.17. The van der Waals surface area contributed by atoms with Crippen molar-refractivity contribution in [2.24, 2.45) is 11.8 Å². The lowest BCUT2D eigenvalue weighted by atomic mass is 9.74. The number of halogens is 2. The molecular weight excluding hydrogens is 414 g/mol. The topological polar surface area (TPSA) is 98.7 Å². The maximum Gasteiger partial charge on any atom is 0.475 e. The molecule has 1 aromatic carbocycles. The monoisotopic (exact) mass is 442 g/mol. The van der Waals surface area contributed by atoms with Gasteiger partial charge >= 0.3 is 7.12 Å². The normalized spacial score (nSPS) is 16.9. The quantitative estimate of drug-likeness (QED) is 0.464. The number of rotatable bonds is 8. The number of amides is 2. The second-order valence-electron chi connectivity index (χ2n) is 8.13. The highest BCUT2D eigenvalue weighted by molar-refractivity contribution is 6.43. The lowest BCUT2D eigenvalue weighted by Crippen LogP contribution is -2.56. The Morgan fingerprint density at radius 2 is 1.79 bits per heavy atom. The van der Waals surface area contributed by atoms with E-state index in [9.17, 15) is 19.6 Å². The molecule has 1 saturated carbocycles. The SMILES string of the molecule is CC(C)C[C@H](NC(=O)C(NC(=O)c1cc(Cl)ccc1Cl)C1CCCCC1)B(O)O. The minimum Gasteiger partial charge on any atom is -0.426 e. The van der Waals surface area contributed by atoms with Crippen molar-refractivity contribution in [1.82, 2.24) is 10.6 Å². The van der Waals surface area contributed by atoms with Gasteiger partial charge in [-0.3, -0.25) is 9.59 Å². The van der Waals surface area contributed by atoms with Crippen LogP contribution in [0.15, 0.2) is 18.2 Å². The number of carbonyl (C=O) groups excluding carboxylic acids is 2. The van der Waals surface area contributed by atoms with Crippen LogP contribution >= 0.6 is 23.2 Å². The summed E-state index contributed by atoms with van der Waals surface area (Å²) in [7, 11) is -1.67. The summed E-state index contributed by atoms with van der Waals surface area (Å²) in [6.07, 6.45) is 5.12. The Bertz CT molecular complexity index is 712. The summed E-state index contributed by atoms with van der Waals surface area (Å²) in [5, 5.41) is 25.4. The number of hydrogen-bond acceptors (Lipinski definition) is 4. The van der Waals surface area contributed by atoms with Crippen LogP contribution in [-0.4, -0.2) is 41.0 Å². The van der Waals surface area contributed by atoms with Gasteiger partial charge in [0.2, 0.25) is 5.91 Å². The number of nitrogens with one attached hydrogen (secondary N) is 2. The second-order valence-corrected chi connectivity index (χ2v) is 8.98. The summed E-state index contributed by atoms with van der Waals surface area (Å²) in [5.41, 5.74) is 0.202. The highest BCUT2D eigenvalue weighted by Crippen LogP contribution is 2.28. The van der Waals surface area contributed by atoms with Gasteiger partial charge in [-0.1, -0.05) is 56.3 Å². The summed E-state index contributed by atoms with van der Waals surface area (Å²) >= 11 is 12.1. The fourth-order valence-electron chi connectivity index (χ4n) is 3.79.